The van der Waals surface area contributed by atoms with Gasteiger partial charge in [-0.1, -0.05) is 0 Å². The van der Waals surface area contributed by atoms with Crippen LogP contribution in [-0.2, 0) is 0 Å². The lowest BCUT2D eigenvalue weighted by molar-refractivity contribution is 0.558. The second-order valence-electron chi connectivity index (χ2n) is 2.68. The van der Waals surface area contributed by atoms with E-state index in [1.54, 1.807) is 0 Å². The highest BCUT2D eigenvalue weighted by atomic mass is 14.9. The summed E-state index contributed by atoms with van der Waals surface area (Å²) in [6.07, 6.45) is 3.63. The molecule has 3 heteroatoms. The monoisotopic (exact) mass is 165 g/mol. The van der Waals surface area contributed by atoms with Gasteiger partial charge in [0, 0.05) is 25.0 Å². The first-order valence-corrected chi connectivity index (χ1v) is 4.10. The molecule has 0 saturated carbocycles. The van der Waals surface area contributed by atoms with Crippen molar-refractivity contribution >= 4 is 0 Å². The van der Waals surface area contributed by atoms with Crippen LogP contribution >= 0.6 is 0 Å². The first-order valence-electron chi connectivity index (χ1n) is 4.10. The van der Waals surface area contributed by atoms with Crippen molar-refractivity contribution in [3.05, 3.63) is 30.1 Å². The van der Waals surface area contributed by atoms with Crippen LogP contribution in [0, 0.1) is 0 Å². The van der Waals surface area contributed by atoms with Crippen molar-refractivity contribution in [3.63, 3.8) is 0 Å². The predicted octanol–water partition coefficient (Wildman–Crippen LogP) is 0.561. The van der Waals surface area contributed by atoms with Crippen LogP contribution in [0.3, 0.4) is 0 Å². The molecular formula is C9H15N3. The Balaban J connectivity index is 2.66. The molecule has 0 saturated heterocycles. The highest BCUT2D eigenvalue weighted by Gasteiger charge is 2.05. The summed E-state index contributed by atoms with van der Waals surface area (Å²) in [4.78, 5) is 3.97. The van der Waals surface area contributed by atoms with Crippen molar-refractivity contribution in [2.45, 2.75) is 6.04 Å². The van der Waals surface area contributed by atoms with Crippen molar-refractivity contribution in [3.8, 4) is 0 Å². The Morgan fingerprint density at radius 3 is 2.50 bits per heavy atom. The van der Waals surface area contributed by atoms with Crippen LogP contribution in [0.25, 0.3) is 0 Å². The molecule has 66 valence electrons. The van der Waals surface area contributed by atoms with Crippen molar-refractivity contribution in [1.82, 2.24) is 15.6 Å². The van der Waals surface area contributed by atoms with Crippen LogP contribution in [0.5, 0.6) is 0 Å². The molecule has 2 N–H and O–H groups in total. The molecule has 0 aliphatic carbocycles. The first kappa shape index (κ1) is 9.16. The Morgan fingerprint density at radius 1 is 1.33 bits per heavy atom. The summed E-state index contributed by atoms with van der Waals surface area (Å²) < 4.78 is 0. The fraction of sp³-hybridized carbons (Fsp3) is 0.444. The molecule has 12 heavy (non-hydrogen) atoms. The van der Waals surface area contributed by atoms with Crippen LogP contribution in [0.2, 0.25) is 0 Å². The smallest absolute Gasteiger partial charge is 0.0445 e. The number of aromatic nitrogens is 1. The molecule has 1 aromatic rings. The van der Waals surface area contributed by atoms with Gasteiger partial charge in [0.05, 0.1) is 0 Å². The molecule has 0 amide bonds. The number of pyridine rings is 1. The SMILES string of the molecule is CNCC(NC)c1ccncc1. The van der Waals surface area contributed by atoms with E-state index in [9.17, 15) is 0 Å². The number of hydrogen-bond acceptors (Lipinski definition) is 3. The Kier molecular flexibility index (Phi) is 3.70. The maximum Gasteiger partial charge on any atom is 0.0445 e. The van der Waals surface area contributed by atoms with Crippen molar-refractivity contribution in [2.24, 2.45) is 0 Å². The third kappa shape index (κ3) is 2.29. The van der Waals surface area contributed by atoms with Gasteiger partial charge in [0.15, 0.2) is 0 Å². The van der Waals surface area contributed by atoms with Gasteiger partial charge in [-0.3, -0.25) is 4.98 Å². The summed E-state index contributed by atoms with van der Waals surface area (Å²) in [5.41, 5.74) is 1.27. The Hall–Kier alpha value is -0.930. The van der Waals surface area contributed by atoms with Crippen molar-refractivity contribution in [2.75, 3.05) is 20.6 Å². The van der Waals surface area contributed by atoms with Gasteiger partial charge in [0.2, 0.25) is 0 Å². The van der Waals surface area contributed by atoms with Gasteiger partial charge in [-0.2, -0.15) is 0 Å². The van der Waals surface area contributed by atoms with Crippen LogP contribution in [-0.4, -0.2) is 25.6 Å². The molecular weight excluding hydrogens is 150 g/mol. The minimum atomic E-state index is 0.373. The molecule has 0 fully saturated rings. The maximum absolute atomic E-state index is 3.97. The predicted molar refractivity (Wildman–Crippen MR) is 50.0 cm³/mol. The van der Waals surface area contributed by atoms with Gasteiger partial charge < -0.3 is 10.6 Å². The van der Waals surface area contributed by atoms with Gasteiger partial charge in [0.25, 0.3) is 0 Å². The van der Waals surface area contributed by atoms with E-state index in [0.29, 0.717) is 6.04 Å². The van der Waals surface area contributed by atoms with Crippen LogP contribution in [0.4, 0.5) is 0 Å². The average molecular weight is 165 g/mol. The summed E-state index contributed by atoms with van der Waals surface area (Å²) in [5, 5.41) is 6.36. The van der Waals surface area contributed by atoms with E-state index in [1.807, 2.05) is 38.6 Å². The summed E-state index contributed by atoms with van der Waals surface area (Å²) in [6.45, 7) is 0.931. The minimum Gasteiger partial charge on any atom is -0.318 e. The lowest BCUT2D eigenvalue weighted by Crippen LogP contribution is -2.27. The molecule has 0 radical (unpaired) electrons. The summed E-state index contributed by atoms with van der Waals surface area (Å²) >= 11 is 0. The van der Waals surface area contributed by atoms with E-state index in [4.69, 9.17) is 0 Å². The lowest BCUT2D eigenvalue weighted by Gasteiger charge is -2.15. The van der Waals surface area contributed by atoms with Gasteiger partial charge in [-0.05, 0) is 31.8 Å². The molecule has 0 aliphatic rings. The Bertz CT molecular complexity index is 210. The van der Waals surface area contributed by atoms with Gasteiger partial charge in [-0.25, -0.2) is 0 Å². The zero-order valence-electron chi connectivity index (χ0n) is 7.54. The highest BCUT2D eigenvalue weighted by Crippen LogP contribution is 2.08. The van der Waals surface area contributed by atoms with Crippen molar-refractivity contribution < 1.29 is 0 Å². The van der Waals surface area contributed by atoms with E-state index in [-0.39, 0.29) is 0 Å². The molecule has 3 nitrogen and oxygen atoms in total. The van der Waals surface area contributed by atoms with E-state index in [2.05, 4.69) is 15.6 Å². The highest BCUT2D eigenvalue weighted by molar-refractivity contribution is 5.15. The minimum absolute atomic E-state index is 0.373. The van der Waals surface area contributed by atoms with Crippen LogP contribution < -0.4 is 10.6 Å². The van der Waals surface area contributed by atoms with E-state index < -0.39 is 0 Å². The molecule has 1 unspecified atom stereocenters. The summed E-state index contributed by atoms with van der Waals surface area (Å²) in [6, 6.07) is 4.43. The maximum atomic E-state index is 3.97. The zero-order chi connectivity index (χ0) is 8.81. The van der Waals surface area contributed by atoms with E-state index >= 15 is 0 Å². The number of nitrogens with one attached hydrogen (secondary N) is 2. The zero-order valence-corrected chi connectivity index (χ0v) is 7.54. The Morgan fingerprint density at radius 2 is 2.00 bits per heavy atom. The fourth-order valence-electron chi connectivity index (χ4n) is 1.19. The van der Waals surface area contributed by atoms with Crippen molar-refractivity contribution in [1.29, 1.82) is 0 Å². The number of likely N-dealkylation sites (N-methyl/N-ethyl adjacent to an activating group) is 2. The normalized spacial score (nSPS) is 12.8. The molecule has 0 bridgehead atoms. The largest absolute Gasteiger partial charge is 0.318 e. The Labute approximate surface area is 73.2 Å². The van der Waals surface area contributed by atoms with Crippen LogP contribution in [0.15, 0.2) is 24.5 Å². The van der Waals surface area contributed by atoms with Gasteiger partial charge in [0.1, 0.15) is 0 Å². The van der Waals surface area contributed by atoms with E-state index in [1.165, 1.54) is 5.56 Å². The van der Waals surface area contributed by atoms with Gasteiger partial charge >= 0.3 is 0 Å². The number of rotatable bonds is 4. The standard InChI is InChI=1S/C9H15N3/c1-10-7-9(11-2)8-3-5-12-6-4-8/h3-6,9-11H,7H2,1-2H3. The average Bonchev–Trinajstić information content (AvgIpc) is 2.15. The second-order valence-corrected chi connectivity index (χ2v) is 2.68. The van der Waals surface area contributed by atoms with Gasteiger partial charge in [-0.15, -0.1) is 0 Å². The molecule has 0 aromatic carbocycles. The fourth-order valence-corrected chi connectivity index (χ4v) is 1.19. The lowest BCUT2D eigenvalue weighted by atomic mass is 10.1. The summed E-state index contributed by atoms with van der Waals surface area (Å²) in [7, 11) is 3.91. The number of nitrogens with zero attached hydrogens (tertiary/aromatic N) is 1. The third-order valence-electron chi connectivity index (χ3n) is 1.87. The van der Waals surface area contributed by atoms with Crippen LogP contribution in [0.1, 0.15) is 11.6 Å². The second kappa shape index (κ2) is 4.85. The number of hydrogen-bond donors (Lipinski definition) is 2. The summed E-state index contributed by atoms with van der Waals surface area (Å²) in [5.74, 6) is 0. The molecule has 1 aromatic heterocycles. The molecule has 1 atom stereocenters. The quantitative estimate of drug-likeness (QED) is 0.684. The molecule has 1 rings (SSSR count). The third-order valence-corrected chi connectivity index (χ3v) is 1.87. The molecule has 0 spiro atoms. The topological polar surface area (TPSA) is 37.0 Å². The molecule has 1 heterocycles. The van der Waals surface area contributed by atoms with E-state index in [0.717, 1.165) is 6.54 Å². The first-order chi connectivity index (χ1) is 5.88. The molecule has 0 aliphatic heterocycles.